The van der Waals surface area contributed by atoms with E-state index in [1.54, 1.807) is 0 Å². The summed E-state index contributed by atoms with van der Waals surface area (Å²) >= 11 is 6.24. The molecular weight excluding hydrogens is 530 g/mol. The van der Waals surface area contributed by atoms with Crippen LogP contribution in [0.2, 0.25) is 5.02 Å². The van der Waals surface area contributed by atoms with Gasteiger partial charge >= 0.3 is 18.4 Å². The van der Waals surface area contributed by atoms with Gasteiger partial charge in [-0.05, 0) is 55.8 Å². The Hall–Kier alpha value is -3.61. The van der Waals surface area contributed by atoms with E-state index in [-0.39, 0.29) is 34.5 Å². The number of halogens is 7. The summed E-state index contributed by atoms with van der Waals surface area (Å²) in [6.07, 6.45) is -9.25. The summed E-state index contributed by atoms with van der Waals surface area (Å²) in [4.78, 5) is 24.0. The van der Waals surface area contributed by atoms with Gasteiger partial charge in [0.1, 0.15) is 11.2 Å². The van der Waals surface area contributed by atoms with Gasteiger partial charge in [0.15, 0.2) is 18.3 Å². The van der Waals surface area contributed by atoms with Gasteiger partial charge in [0, 0.05) is 17.7 Å². The van der Waals surface area contributed by atoms with Gasteiger partial charge in [-0.3, -0.25) is 4.79 Å². The van der Waals surface area contributed by atoms with Crippen LogP contribution in [-0.4, -0.2) is 44.9 Å². The van der Waals surface area contributed by atoms with Crippen molar-refractivity contribution in [1.82, 2.24) is 20.3 Å². The fourth-order valence-corrected chi connectivity index (χ4v) is 3.07. The molecule has 1 heterocycles. The van der Waals surface area contributed by atoms with Gasteiger partial charge in [0.05, 0.1) is 5.02 Å². The summed E-state index contributed by atoms with van der Waals surface area (Å²) in [6, 6.07) is 8.92. The number of benzene rings is 2. The molecule has 1 amide bonds. The van der Waals surface area contributed by atoms with E-state index in [0.717, 1.165) is 13.8 Å². The third-order valence-corrected chi connectivity index (χ3v) is 5.47. The maximum absolute atomic E-state index is 13.1. The van der Waals surface area contributed by atoms with E-state index in [2.05, 4.69) is 25.0 Å². The van der Waals surface area contributed by atoms with Crippen molar-refractivity contribution >= 4 is 17.5 Å². The lowest BCUT2D eigenvalue weighted by molar-refractivity contribution is -0.211. The molecule has 0 aliphatic carbocycles. The highest BCUT2D eigenvalue weighted by molar-refractivity contribution is 6.33. The standard InChI is InChI=1S/C23H19ClF6N4O3/c1-21(2,23(28,29)30)19(35)31-10-12-3-8-16(24)15(9-12)18-32-17(33-20(36)34-18)13-4-6-14(7-5-13)37-11-22(25,26)27/h3-9H,10-11H2,1-2H3,(H,31,35)(H,32,33,34,36). The van der Waals surface area contributed by atoms with E-state index in [9.17, 15) is 36.2 Å². The Morgan fingerprint density at radius 3 is 2.19 bits per heavy atom. The SMILES string of the molecule is CC(C)(C(=O)NCc1ccc(Cl)c(-c2nc(O)nc(-c3ccc(OCC(F)(F)F)cc3)n2)c1)C(F)(F)F. The summed E-state index contributed by atoms with van der Waals surface area (Å²) in [7, 11) is 0. The second kappa shape index (κ2) is 10.4. The van der Waals surface area contributed by atoms with Crippen LogP contribution in [0.25, 0.3) is 22.8 Å². The van der Waals surface area contributed by atoms with E-state index in [4.69, 9.17) is 11.6 Å². The first kappa shape index (κ1) is 28.0. The lowest BCUT2D eigenvalue weighted by Gasteiger charge is -2.26. The van der Waals surface area contributed by atoms with Gasteiger partial charge in [-0.1, -0.05) is 17.7 Å². The van der Waals surface area contributed by atoms with Gasteiger partial charge in [-0.15, -0.1) is 0 Å². The Balaban J connectivity index is 1.84. The molecule has 1 aromatic heterocycles. The Kier molecular flexibility index (Phi) is 7.86. The van der Waals surface area contributed by atoms with E-state index in [1.807, 2.05) is 0 Å². The van der Waals surface area contributed by atoms with Crippen LogP contribution in [-0.2, 0) is 11.3 Å². The van der Waals surface area contributed by atoms with Crippen LogP contribution in [0.5, 0.6) is 11.8 Å². The molecule has 0 atom stereocenters. The average molecular weight is 549 g/mol. The monoisotopic (exact) mass is 548 g/mol. The van der Waals surface area contributed by atoms with Gasteiger partial charge in [-0.25, -0.2) is 4.98 Å². The number of aromatic nitrogens is 3. The fraction of sp³-hybridized carbons (Fsp3) is 0.304. The van der Waals surface area contributed by atoms with Crippen molar-refractivity contribution in [3.8, 4) is 34.5 Å². The van der Waals surface area contributed by atoms with E-state index in [0.29, 0.717) is 11.1 Å². The van der Waals surface area contributed by atoms with Crippen LogP contribution in [0, 0.1) is 5.41 Å². The number of hydrogen-bond acceptors (Lipinski definition) is 6. The molecule has 2 N–H and O–H groups in total. The van der Waals surface area contributed by atoms with Crippen molar-refractivity contribution in [2.75, 3.05) is 6.61 Å². The Bertz CT molecular complexity index is 1280. The molecule has 14 heteroatoms. The molecule has 3 rings (SSSR count). The number of hydrogen-bond donors (Lipinski definition) is 2. The maximum atomic E-state index is 13.1. The predicted octanol–water partition coefficient (Wildman–Crippen LogP) is 5.71. The number of aromatic hydroxyl groups is 1. The van der Waals surface area contributed by atoms with Crippen LogP contribution in [0.3, 0.4) is 0 Å². The van der Waals surface area contributed by atoms with Gasteiger partial charge in [-0.2, -0.15) is 36.3 Å². The minimum absolute atomic E-state index is 0.0356. The van der Waals surface area contributed by atoms with Crippen molar-refractivity contribution in [2.45, 2.75) is 32.7 Å². The molecule has 2 aromatic carbocycles. The number of carbonyl (C=O) groups is 1. The summed E-state index contributed by atoms with van der Waals surface area (Å²) in [6.45, 7) is -0.197. The third kappa shape index (κ3) is 7.00. The summed E-state index contributed by atoms with van der Waals surface area (Å²) in [5.74, 6) is -1.40. The largest absolute Gasteiger partial charge is 0.484 e. The second-order valence-corrected chi connectivity index (χ2v) is 8.74. The van der Waals surface area contributed by atoms with Crippen LogP contribution in [0.1, 0.15) is 19.4 Å². The molecule has 3 aromatic rings. The first-order valence-electron chi connectivity index (χ1n) is 10.5. The normalized spacial score (nSPS) is 12.4. The molecule has 0 aliphatic rings. The Morgan fingerprint density at radius 2 is 1.59 bits per heavy atom. The fourth-order valence-electron chi connectivity index (χ4n) is 2.87. The van der Waals surface area contributed by atoms with Crippen molar-refractivity contribution in [1.29, 1.82) is 0 Å². The number of nitrogens with zero attached hydrogens (tertiary/aromatic N) is 3. The van der Waals surface area contributed by atoms with Crippen LogP contribution >= 0.6 is 11.6 Å². The number of amides is 1. The van der Waals surface area contributed by atoms with Crippen LogP contribution in [0.4, 0.5) is 26.3 Å². The van der Waals surface area contributed by atoms with Gasteiger partial charge in [0.25, 0.3) is 0 Å². The zero-order valence-corrected chi connectivity index (χ0v) is 20.0. The highest BCUT2D eigenvalue weighted by Crippen LogP contribution is 2.37. The highest BCUT2D eigenvalue weighted by atomic mass is 35.5. The van der Waals surface area contributed by atoms with Gasteiger partial charge in [0.2, 0.25) is 5.91 Å². The molecular formula is C23H19ClF6N4O3. The molecule has 0 saturated heterocycles. The minimum atomic E-state index is -4.75. The topological polar surface area (TPSA) is 97.2 Å². The first-order chi connectivity index (χ1) is 17.1. The first-order valence-corrected chi connectivity index (χ1v) is 10.8. The average Bonchev–Trinajstić information content (AvgIpc) is 2.80. The number of ether oxygens (including phenoxy) is 1. The Labute approximate surface area is 211 Å². The quantitative estimate of drug-likeness (QED) is 0.367. The minimum Gasteiger partial charge on any atom is -0.484 e. The molecule has 0 fully saturated rings. The zero-order chi connectivity index (χ0) is 27.6. The van der Waals surface area contributed by atoms with Crippen LogP contribution < -0.4 is 10.1 Å². The van der Waals surface area contributed by atoms with E-state index in [1.165, 1.54) is 42.5 Å². The smallest absolute Gasteiger partial charge is 0.422 e. The molecule has 0 radical (unpaired) electrons. The number of alkyl halides is 6. The van der Waals surface area contributed by atoms with Gasteiger partial charge < -0.3 is 15.2 Å². The third-order valence-electron chi connectivity index (χ3n) is 5.14. The highest BCUT2D eigenvalue weighted by Gasteiger charge is 2.52. The van der Waals surface area contributed by atoms with Crippen molar-refractivity contribution in [2.24, 2.45) is 5.41 Å². The van der Waals surface area contributed by atoms with Crippen LogP contribution in [0.15, 0.2) is 42.5 Å². The van der Waals surface area contributed by atoms with Crippen molar-refractivity contribution < 1.29 is 41.0 Å². The lowest BCUT2D eigenvalue weighted by atomic mass is 9.91. The molecule has 0 unspecified atom stereocenters. The summed E-state index contributed by atoms with van der Waals surface area (Å²) < 4.78 is 80.9. The number of rotatable bonds is 7. The maximum Gasteiger partial charge on any atom is 0.422 e. The molecule has 7 nitrogen and oxygen atoms in total. The molecule has 0 aliphatic heterocycles. The molecule has 37 heavy (non-hydrogen) atoms. The predicted molar refractivity (Wildman–Crippen MR) is 121 cm³/mol. The lowest BCUT2D eigenvalue weighted by Crippen LogP contribution is -2.46. The zero-order valence-electron chi connectivity index (χ0n) is 19.2. The number of nitrogens with one attached hydrogen (secondary N) is 1. The van der Waals surface area contributed by atoms with Crippen molar-refractivity contribution in [3.63, 3.8) is 0 Å². The Morgan fingerprint density at radius 1 is 0.973 bits per heavy atom. The number of carbonyl (C=O) groups excluding carboxylic acids is 1. The molecule has 198 valence electrons. The van der Waals surface area contributed by atoms with Crippen molar-refractivity contribution in [3.05, 3.63) is 53.1 Å². The van der Waals surface area contributed by atoms with E-state index < -0.39 is 36.3 Å². The van der Waals surface area contributed by atoms with E-state index >= 15 is 0 Å². The molecule has 0 spiro atoms. The summed E-state index contributed by atoms with van der Waals surface area (Å²) in [5, 5.41) is 12.4. The molecule has 0 saturated carbocycles. The second-order valence-electron chi connectivity index (χ2n) is 8.33. The summed E-state index contributed by atoms with van der Waals surface area (Å²) in [5.41, 5.74) is -1.73. The molecule has 0 bridgehead atoms.